The summed E-state index contributed by atoms with van der Waals surface area (Å²) in [5.74, 6) is -0.285. The molecule has 12 heteroatoms. The average Bonchev–Trinajstić information content (AvgIpc) is 2.59. The van der Waals surface area contributed by atoms with Crippen LogP contribution in [-0.4, -0.2) is 24.8 Å². The van der Waals surface area contributed by atoms with Gasteiger partial charge < -0.3 is 9.08 Å². The van der Waals surface area contributed by atoms with E-state index in [0.717, 1.165) is 30.5 Å². The lowest BCUT2D eigenvalue weighted by atomic mass is 10.2. The summed E-state index contributed by atoms with van der Waals surface area (Å²) >= 11 is 0. The van der Waals surface area contributed by atoms with Crippen molar-refractivity contribution >= 4 is 35.5 Å². The molecular weight excluding hydrogens is 387 g/mol. The number of hydrogen-bond acceptors (Lipinski definition) is 8. The SMILES string of the molecule is O=[N+]([O-])c1ccc(OS(=O)(=O)C(=[N+]=Cc2ccccc2)O[P+](=O)[O-])cc1. The molecule has 0 bridgehead atoms. The van der Waals surface area contributed by atoms with Crippen LogP contribution in [0.25, 0.3) is 0 Å². The first-order valence-corrected chi connectivity index (χ1v) is 9.26. The Balaban J connectivity index is 2.35. The van der Waals surface area contributed by atoms with Crippen molar-refractivity contribution < 1.29 is 31.5 Å². The largest absolute Gasteiger partial charge is 0.663 e. The monoisotopic (exact) mass is 397 g/mol. The van der Waals surface area contributed by atoms with Gasteiger partial charge in [0.25, 0.3) is 5.69 Å². The molecule has 0 fully saturated rings. The number of non-ortho nitro benzene ring substituents is 1. The molecule has 0 heterocycles. The zero-order valence-corrected chi connectivity index (χ0v) is 14.5. The predicted molar refractivity (Wildman–Crippen MR) is 90.1 cm³/mol. The maximum Gasteiger partial charge on any atom is 0.663 e. The smallest absolute Gasteiger partial charge is 0.558 e. The van der Waals surface area contributed by atoms with Crippen molar-refractivity contribution in [3.63, 3.8) is 0 Å². The topological polar surface area (TPSA) is 150 Å². The normalized spacial score (nSPS) is 11.0. The van der Waals surface area contributed by atoms with Gasteiger partial charge in [0.1, 0.15) is 5.75 Å². The van der Waals surface area contributed by atoms with E-state index in [0.29, 0.717) is 5.56 Å². The Hall–Kier alpha value is -3.10. The molecule has 0 radical (unpaired) electrons. The van der Waals surface area contributed by atoms with E-state index in [-0.39, 0.29) is 11.4 Å². The van der Waals surface area contributed by atoms with Gasteiger partial charge >= 0.3 is 29.8 Å². The van der Waals surface area contributed by atoms with E-state index in [1.807, 2.05) is 0 Å². The molecule has 1 atom stereocenters. The van der Waals surface area contributed by atoms with Crippen LogP contribution >= 0.6 is 8.25 Å². The number of nitrogens with zero attached hydrogens (tertiary/aromatic N) is 2. The second-order valence-electron chi connectivity index (χ2n) is 4.54. The van der Waals surface area contributed by atoms with Crippen molar-refractivity contribution in [1.82, 2.24) is 4.67 Å². The van der Waals surface area contributed by atoms with Crippen molar-refractivity contribution in [3.05, 3.63) is 70.3 Å². The molecule has 2 aromatic carbocycles. The van der Waals surface area contributed by atoms with Gasteiger partial charge in [-0.2, -0.15) is 12.9 Å². The highest BCUT2D eigenvalue weighted by atomic mass is 32.2. The second-order valence-corrected chi connectivity index (χ2v) is 6.59. The highest BCUT2D eigenvalue weighted by Crippen LogP contribution is 2.20. The minimum atomic E-state index is -4.73. The number of benzene rings is 2. The molecule has 134 valence electrons. The van der Waals surface area contributed by atoms with Crippen LogP contribution in [0.5, 0.6) is 5.75 Å². The second kappa shape index (κ2) is 8.32. The minimum Gasteiger partial charge on any atom is -0.558 e. The van der Waals surface area contributed by atoms with E-state index in [4.69, 9.17) is 4.18 Å². The van der Waals surface area contributed by atoms with E-state index in [1.165, 1.54) is 0 Å². The Labute approximate surface area is 148 Å². The Morgan fingerprint density at radius 2 is 1.73 bits per heavy atom. The summed E-state index contributed by atoms with van der Waals surface area (Å²) in [6.07, 6.45) is 1.07. The summed E-state index contributed by atoms with van der Waals surface area (Å²) in [7, 11) is -8.30. The van der Waals surface area contributed by atoms with Gasteiger partial charge in [0.15, 0.2) is 0 Å². The van der Waals surface area contributed by atoms with Gasteiger partial charge in [0.05, 0.1) is 10.5 Å². The number of rotatable bonds is 5. The van der Waals surface area contributed by atoms with E-state index in [2.05, 4.69) is 9.19 Å². The third-order valence-electron chi connectivity index (χ3n) is 2.74. The van der Waals surface area contributed by atoms with E-state index in [1.54, 1.807) is 30.3 Å². The van der Waals surface area contributed by atoms with Crippen LogP contribution in [0, 0.1) is 10.1 Å². The van der Waals surface area contributed by atoms with Crippen molar-refractivity contribution in [3.8, 4) is 5.75 Å². The molecule has 2 aromatic rings. The molecule has 0 N–H and O–H groups in total. The fourth-order valence-corrected chi connectivity index (χ4v) is 2.99. The van der Waals surface area contributed by atoms with Gasteiger partial charge in [-0.05, 0) is 33.5 Å². The maximum absolute atomic E-state index is 12.2. The lowest BCUT2D eigenvalue weighted by molar-refractivity contribution is -0.384. The highest BCUT2D eigenvalue weighted by molar-refractivity contribution is 8.02. The molecule has 2 rings (SSSR count). The molecule has 1 unspecified atom stereocenters. The lowest BCUT2D eigenvalue weighted by Gasteiger charge is -2.00. The molecule has 0 aliphatic carbocycles. The number of hydrogen-bond donors (Lipinski definition) is 0. The van der Waals surface area contributed by atoms with Crippen LogP contribution in [0.4, 0.5) is 5.69 Å². The van der Waals surface area contributed by atoms with Crippen molar-refractivity contribution in [1.29, 1.82) is 0 Å². The van der Waals surface area contributed by atoms with E-state index < -0.39 is 28.5 Å². The third kappa shape index (κ3) is 5.47. The van der Waals surface area contributed by atoms with Gasteiger partial charge in [0, 0.05) is 12.1 Å². The predicted octanol–water partition coefficient (Wildman–Crippen LogP) is 0.880. The summed E-state index contributed by atoms with van der Waals surface area (Å²) in [6.45, 7) is 0. The maximum atomic E-state index is 12.2. The molecule has 0 aliphatic rings. The summed E-state index contributed by atoms with van der Waals surface area (Å²) in [4.78, 5) is 20.7. The fraction of sp³-hybridized carbons (Fsp3) is 0. The Morgan fingerprint density at radius 3 is 2.27 bits per heavy atom. The summed E-state index contributed by atoms with van der Waals surface area (Å²) in [5, 5.41) is 9.38. The molecule has 0 spiro atoms. The zero-order chi connectivity index (χ0) is 19.2. The zero-order valence-electron chi connectivity index (χ0n) is 12.8. The van der Waals surface area contributed by atoms with Crippen LogP contribution in [0.2, 0.25) is 0 Å². The van der Waals surface area contributed by atoms with Gasteiger partial charge in [-0.15, -0.1) is 0 Å². The van der Waals surface area contributed by atoms with Crippen molar-refractivity contribution in [2.24, 2.45) is 0 Å². The minimum absolute atomic E-state index is 0.278. The first-order valence-electron chi connectivity index (χ1n) is 6.75. The summed E-state index contributed by atoms with van der Waals surface area (Å²) in [6, 6.07) is 12.4. The molecule has 10 nitrogen and oxygen atoms in total. The van der Waals surface area contributed by atoms with Crippen LogP contribution < -0.4 is 13.7 Å². The molecule has 0 saturated heterocycles. The van der Waals surface area contributed by atoms with E-state index in [9.17, 15) is 28.0 Å². The van der Waals surface area contributed by atoms with Gasteiger partial charge in [0.2, 0.25) is 0 Å². The lowest BCUT2D eigenvalue weighted by Crippen LogP contribution is -2.25. The third-order valence-corrected chi connectivity index (χ3v) is 4.21. The Bertz CT molecular complexity index is 983. The van der Waals surface area contributed by atoms with Crippen molar-refractivity contribution in [2.45, 2.75) is 0 Å². The average molecular weight is 397 g/mol. The van der Waals surface area contributed by atoms with Gasteiger partial charge in [-0.3, -0.25) is 10.1 Å². The molecular formula is C14H10N2O8PS+. The highest BCUT2D eigenvalue weighted by Gasteiger charge is 2.40. The molecule has 0 aliphatic heterocycles. The summed E-state index contributed by atoms with van der Waals surface area (Å²) in [5.41, 5.74) is 0.209. The van der Waals surface area contributed by atoms with E-state index >= 15 is 0 Å². The van der Waals surface area contributed by atoms with Crippen LogP contribution in [0.1, 0.15) is 5.56 Å². The van der Waals surface area contributed by atoms with Crippen LogP contribution in [0.3, 0.4) is 0 Å². The molecule has 26 heavy (non-hydrogen) atoms. The molecule has 0 amide bonds. The van der Waals surface area contributed by atoms with Crippen LogP contribution in [-0.2, 0) is 19.2 Å². The number of nitro groups is 1. The number of nitro benzene ring substituents is 1. The van der Waals surface area contributed by atoms with Crippen molar-refractivity contribution in [2.75, 3.05) is 0 Å². The van der Waals surface area contributed by atoms with Gasteiger partial charge in [-0.1, -0.05) is 18.2 Å². The Morgan fingerprint density at radius 1 is 1.12 bits per heavy atom. The Kier molecular flexibility index (Phi) is 6.16. The fourth-order valence-electron chi connectivity index (χ4n) is 1.65. The summed E-state index contributed by atoms with van der Waals surface area (Å²) < 4.78 is 47.5. The standard InChI is InChI=1S/C14H10N2O8PS/c17-16(18)12-6-8-13(9-7-12)24-26(21,22)14(23-25(19)20)15-10-11-4-2-1-3-5-11/h1-10H/q+1. The first-order chi connectivity index (χ1) is 12.3. The molecule has 0 saturated carbocycles. The van der Waals surface area contributed by atoms with Gasteiger partial charge in [-0.25, -0.2) is 0 Å². The first kappa shape index (κ1) is 19.2. The van der Waals surface area contributed by atoms with Crippen LogP contribution in [0.15, 0.2) is 54.6 Å². The molecule has 0 aromatic heterocycles. The quantitative estimate of drug-likeness (QED) is 0.137.